The number of amides is 1. The molecule has 1 aliphatic rings. The van der Waals surface area contributed by atoms with E-state index in [1.54, 1.807) is 0 Å². The van der Waals surface area contributed by atoms with Gasteiger partial charge in [0.15, 0.2) is 6.10 Å². The van der Waals surface area contributed by atoms with Gasteiger partial charge in [0.1, 0.15) is 4.88 Å². The molecule has 7 nitrogen and oxygen atoms in total. The van der Waals surface area contributed by atoms with Crippen LogP contribution in [0, 0.1) is 0 Å². The van der Waals surface area contributed by atoms with Crippen molar-refractivity contribution in [2.75, 3.05) is 5.32 Å². The van der Waals surface area contributed by atoms with Gasteiger partial charge in [0.25, 0.3) is 5.91 Å². The van der Waals surface area contributed by atoms with Crippen molar-refractivity contribution in [2.45, 2.75) is 43.6 Å². The molecule has 0 spiro atoms. The van der Waals surface area contributed by atoms with Crippen LogP contribution < -0.4 is 10.5 Å². The summed E-state index contributed by atoms with van der Waals surface area (Å²) >= 11 is 1.43. The van der Waals surface area contributed by atoms with Gasteiger partial charge in [-0.2, -0.15) is 0 Å². The molecule has 0 radical (unpaired) electrons. The summed E-state index contributed by atoms with van der Waals surface area (Å²) in [6.07, 6.45) is 3.22. The van der Waals surface area contributed by atoms with Crippen molar-refractivity contribution in [1.82, 2.24) is 0 Å². The lowest BCUT2D eigenvalue weighted by Gasteiger charge is -2.13. The Kier molecular flexibility index (Phi) is 5.64. The van der Waals surface area contributed by atoms with Crippen molar-refractivity contribution in [3.63, 3.8) is 0 Å². The Balaban J connectivity index is 1.60. The van der Waals surface area contributed by atoms with E-state index in [2.05, 4.69) is 5.32 Å². The van der Waals surface area contributed by atoms with E-state index in [0.717, 1.165) is 25.7 Å². The number of nitrogens with two attached hydrogens (primary N) is 1. The number of sulfonamides is 1. The molecular weight excluding hydrogens is 388 g/mol. The van der Waals surface area contributed by atoms with Gasteiger partial charge in [-0.25, -0.2) is 18.4 Å². The van der Waals surface area contributed by atoms with Crippen molar-refractivity contribution in [1.29, 1.82) is 0 Å². The predicted molar refractivity (Wildman–Crippen MR) is 102 cm³/mol. The predicted octanol–water partition coefficient (Wildman–Crippen LogP) is 2.46. The fourth-order valence-corrected chi connectivity index (χ4v) is 4.49. The van der Waals surface area contributed by atoms with Gasteiger partial charge in [0.05, 0.1) is 4.90 Å². The number of nitrogens with one attached hydrogen (secondary N) is 1. The summed E-state index contributed by atoms with van der Waals surface area (Å²) in [5.74, 6) is -1.02. The van der Waals surface area contributed by atoms with Gasteiger partial charge < -0.3 is 10.1 Å². The van der Waals surface area contributed by atoms with E-state index >= 15 is 0 Å². The minimum atomic E-state index is -3.79. The Labute approximate surface area is 161 Å². The number of hydrogen-bond acceptors (Lipinski definition) is 6. The number of benzene rings is 1. The normalized spacial score (nSPS) is 14.9. The van der Waals surface area contributed by atoms with E-state index in [9.17, 15) is 18.0 Å². The highest BCUT2D eigenvalue weighted by molar-refractivity contribution is 7.89. The smallest absolute Gasteiger partial charge is 0.349 e. The second-order valence-corrected chi connectivity index (χ2v) is 9.07. The summed E-state index contributed by atoms with van der Waals surface area (Å²) in [5.41, 5.74) is 1.58. The number of fused-ring (bicyclic) bond motifs is 1. The van der Waals surface area contributed by atoms with E-state index in [1.165, 1.54) is 53.0 Å². The Hall–Kier alpha value is -2.23. The summed E-state index contributed by atoms with van der Waals surface area (Å²) < 4.78 is 27.7. The van der Waals surface area contributed by atoms with Crippen molar-refractivity contribution < 1.29 is 22.7 Å². The first-order valence-corrected chi connectivity index (χ1v) is 10.9. The monoisotopic (exact) mass is 408 g/mol. The van der Waals surface area contributed by atoms with Crippen LogP contribution in [0.4, 0.5) is 5.69 Å². The van der Waals surface area contributed by atoms with Gasteiger partial charge >= 0.3 is 5.97 Å². The molecule has 1 aliphatic carbocycles. The molecule has 1 atom stereocenters. The first-order chi connectivity index (χ1) is 12.7. The third kappa shape index (κ3) is 4.74. The van der Waals surface area contributed by atoms with Crippen LogP contribution in [0.15, 0.2) is 35.2 Å². The van der Waals surface area contributed by atoms with Crippen LogP contribution >= 0.6 is 11.3 Å². The van der Waals surface area contributed by atoms with Gasteiger partial charge in [-0.15, -0.1) is 11.3 Å². The Morgan fingerprint density at radius 3 is 2.48 bits per heavy atom. The standard InChI is InChI=1S/C18H20N2O5S2/c1-11(17(21)20-13-6-8-14(9-7-13)27(19,23)24)25-18(22)16-10-12-4-2-3-5-15(12)26-16/h6-11H,2-5H2,1H3,(H,20,21)(H2,19,23,24)/t11-/m1/s1. The summed E-state index contributed by atoms with van der Waals surface area (Å²) in [6.45, 7) is 1.49. The first kappa shape index (κ1) is 19.5. The van der Waals surface area contributed by atoms with Gasteiger partial charge in [-0.05, 0) is 68.5 Å². The topological polar surface area (TPSA) is 116 Å². The van der Waals surface area contributed by atoms with E-state index in [0.29, 0.717) is 10.6 Å². The van der Waals surface area contributed by atoms with Crippen molar-refractivity contribution in [2.24, 2.45) is 5.14 Å². The molecule has 9 heteroatoms. The number of primary sulfonamides is 1. The average Bonchev–Trinajstić information content (AvgIpc) is 3.05. The zero-order valence-electron chi connectivity index (χ0n) is 14.7. The molecule has 0 aliphatic heterocycles. The van der Waals surface area contributed by atoms with Crippen LogP contribution in [0.3, 0.4) is 0 Å². The summed E-state index contributed by atoms with van der Waals surface area (Å²) in [7, 11) is -3.79. The number of thiophene rings is 1. The second kappa shape index (κ2) is 7.79. The van der Waals surface area contributed by atoms with Crippen molar-refractivity contribution in [3.05, 3.63) is 45.6 Å². The third-order valence-corrected chi connectivity index (χ3v) is 6.45. The maximum atomic E-state index is 12.3. The molecule has 3 rings (SSSR count). The summed E-state index contributed by atoms with van der Waals surface area (Å²) in [5, 5.41) is 7.61. The number of ether oxygens (including phenoxy) is 1. The summed E-state index contributed by atoms with van der Waals surface area (Å²) in [4.78, 5) is 26.2. The summed E-state index contributed by atoms with van der Waals surface area (Å²) in [6, 6.07) is 7.27. The van der Waals surface area contributed by atoms with E-state index in [4.69, 9.17) is 9.88 Å². The van der Waals surface area contributed by atoms with E-state index in [1.807, 2.05) is 6.07 Å². The molecule has 0 unspecified atom stereocenters. The Morgan fingerprint density at radius 1 is 1.19 bits per heavy atom. The maximum absolute atomic E-state index is 12.3. The van der Waals surface area contributed by atoms with Gasteiger partial charge in [-0.1, -0.05) is 0 Å². The van der Waals surface area contributed by atoms with Gasteiger partial charge in [0, 0.05) is 10.6 Å². The van der Waals surface area contributed by atoms with Crippen LogP contribution in [-0.2, 0) is 32.4 Å². The molecule has 1 amide bonds. The number of hydrogen-bond donors (Lipinski definition) is 2. The molecular formula is C18H20N2O5S2. The minimum Gasteiger partial charge on any atom is -0.448 e. The van der Waals surface area contributed by atoms with Crippen LogP contribution in [0.1, 0.15) is 39.9 Å². The number of carbonyl (C=O) groups excluding carboxylic acids is 2. The Morgan fingerprint density at radius 2 is 1.85 bits per heavy atom. The van der Waals surface area contributed by atoms with Crippen LogP contribution in [0.5, 0.6) is 0 Å². The molecule has 0 bridgehead atoms. The van der Waals surface area contributed by atoms with Crippen LogP contribution in [0.2, 0.25) is 0 Å². The molecule has 0 fully saturated rings. The Bertz CT molecular complexity index is 941. The van der Waals surface area contributed by atoms with Gasteiger partial charge in [0.2, 0.25) is 10.0 Å². The lowest BCUT2D eigenvalue weighted by molar-refractivity contribution is -0.123. The fourth-order valence-electron chi connectivity index (χ4n) is 2.84. The van der Waals surface area contributed by atoms with E-state index in [-0.39, 0.29) is 4.90 Å². The highest BCUT2D eigenvalue weighted by Gasteiger charge is 2.23. The van der Waals surface area contributed by atoms with Crippen molar-refractivity contribution in [3.8, 4) is 0 Å². The molecule has 1 heterocycles. The quantitative estimate of drug-likeness (QED) is 0.738. The molecule has 1 aromatic heterocycles. The number of esters is 1. The number of aryl methyl sites for hydroxylation is 2. The second-order valence-electron chi connectivity index (χ2n) is 6.37. The molecule has 1 aromatic carbocycles. The zero-order valence-corrected chi connectivity index (χ0v) is 16.4. The van der Waals surface area contributed by atoms with Gasteiger partial charge in [-0.3, -0.25) is 4.79 Å². The number of rotatable bonds is 5. The number of anilines is 1. The molecule has 144 valence electrons. The molecule has 27 heavy (non-hydrogen) atoms. The third-order valence-electron chi connectivity index (χ3n) is 4.30. The molecule has 3 N–H and O–H groups in total. The van der Waals surface area contributed by atoms with Crippen molar-refractivity contribution >= 4 is 38.9 Å². The largest absolute Gasteiger partial charge is 0.448 e. The molecule has 2 aromatic rings. The first-order valence-electron chi connectivity index (χ1n) is 8.50. The zero-order chi connectivity index (χ0) is 19.6. The highest BCUT2D eigenvalue weighted by Crippen LogP contribution is 2.30. The van der Waals surface area contributed by atoms with Crippen LogP contribution in [0.25, 0.3) is 0 Å². The lowest BCUT2D eigenvalue weighted by Crippen LogP contribution is -2.29. The van der Waals surface area contributed by atoms with E-state index < -0.39 is 28.0 Å². The average molecular weight is 409 g/mol. The SMILES string of the molecule is C[C@@H](OC(=O)c1cc2c(s1)CCCC2)C(=O)Nc1ccc(S(N)(=O)=O)cc1. The van der Waals surface area contributed by atoms with Crippen LogP contribution in [-0.4, -0.2) is 26.4 Å². The number of carbonyl (C=O) groups is 2. The highest BCUT2D eigenvalue weighted by atomic mass is 32.2. The molecule has 0 saturated carbocycles. The lowest BCUT2D eigenvalue weighted by atomic mass is 9.99. The minimum absolute atomic E-state index is 0.0540. The molecule has 0 saturated heterocycles. The fraction of sp³-hybridized carbons (Fsp3) is 0.333. The maximum Gasteiger partial charge on any atom is 0.349 e.